The fourth-order valence-electron chi connectivity index (χ4n) is 1.86. The molecule has 0 aliphatic heterocycles. The minimum Gasteiger partial charge on any atom is -0.378 e. The van der Waals surface area contributed by atoms with E-state index in [2.05, 4.69) is 15.5 Å². The van der Waals surface area contributed by atoms with Crippen LogP contribution >= 0.6 is 0 Å². The van der Waals surface area contributed by atoms with Gasteiger partial charge in [-0.1, -0.05) is 18.1 Å². The topological polar surface area (TPSA) is 74.5 Å². The third kappa shape index (κ3) is 3.97. The van der Waals surface area contributed by atoms with Crippen molar-refractivity contribution in [2.45, 2.75) is 19.9 Å². The molecule has 1 aromatic carbocycles. The Kier molecular flexibility index (Phi) is 4.98. The highest BCUT2D eigenvalue weighted by Gasteiger charge is 2.13. The number of amides is 2. The summed E-state index contributed by atoms with van der Waals surface area (Å²) in [5, 5.41) is 6.69. The number of carbonyl (C=O) groups excluding carboxylic acids is 1. The molecule has 0 radical (unpaired) electrons. The van der Waals surface area contributed by atoms with Gasteiger partial charge in [0.15, 0.2) is 5.82 Å². The normalized spacial score (nSPS) is 10.4. The van der Waals surface area contributed by atoms with Gasteiger partial charge in [-0.2, -0.15) is 4.98 Å². The Morgan fingerprint density at radius 2 is 2.09 bits per heavy atom. The van der Waals surface area contributed by atoms with E-state index < -0.39 is 0 Å². The van der Waals surface area contributed by atoms with Gasteiger partial charge in [0.05, 0.1) is 6.54 Å². The number of aromatic nitrogens is 2. The first-order valence-corrected chi connectivity index (χ1v) is 7.10. The quantitative estimate of drug-likeness (QED) is 0.918. The molecule has 0 saturated carbocycles. The van der Waals surface area contributed by atoms with E-state index in [0.29, 0.717) is 24.7 Å². The molecule has 0 aliphatic carbocycles. The summed E-state index contributed by atoms with van der Waals surface area (Å²) in [5.41, 5.74) is 1.76. The summed E-state index contributed by atoms with van der Waals surface area (Å²) in [6.45, 7) is 2.23. The zero-order chi connectivity index (χ0) is 16.1. The van der Waals surface area contributed by atoms with Gasteiger partial charge in [-0.05, 0) is 18.2 Å². The van der Waals surface area contributed by atoms with E-state index in [0.717, 1.165) is 11.4 Å². The summed E-state index contributed by atoms with van der Waals surface area (Å²) in [6, 6.07) is 7.42. The lowest BCUT2D eigenvalue weighted by Crippen LogP contribution is -2.31. The van der Waals surface area contributed by atoms with E-state index in [1.807, 2.05) is 50.2 Å². The molecule has 1 aromatic heterocycles. The van der Waals surface area contributed by atoms with Gasteiger partial charge in [0, 0.05) is 38.9 Å². The molecule has 7 heteroatoms. The highest BCUT2D eigenvalue weighted by molar-refractivity contribution is 5.89. The molecule has 1 N–H and O–H groups in total. The molecule has 0 unspecified atom stereocenters. The third-order valence-corrected chi connectivity index (χ3v) is 3.15. The van der Waals surface area contributed by atoms with Gasteiger partial charge in [-0.25, -0.2) is 4.79 Å². The van der Waals surface area contributed by atoms with Crippen LogP contribution in [0.2, 0.25) is 0 Å². The number of carbonyl (C=O) groups is 1. The second kappa shape index (κ2) is 6.93. The fraction of sp³-hybridized carbons (Fsp3) is 0.400. The highest BCUT2D eigenvalue weighted by Crippen LogP contribution is 2.17. The van der Waals surface area contributed by atoms with Gasteiger partial charge in [0.25, 0.3) is 0 Å². The van der Waals surface area contributed by atoms with E-state index in [9.17, 15) is 4.79 Å². The smallest absolute Gasteiger partial charge is 0.321 e. The average molecular weight is 303 g/mol. The first-order chi connectivity index (χ1) is 10.5. The predicted molar refractivity (Wildman–Crippen MR) is 84.9 cm³/mol. The Hall–Kier alpha value is -2.57. The Balaban J connectivity index is 1.97. The molecule has 0 aliphatic rings. The Morgan fingerprint density at radius 1 is 1.32 bits per heavy atom. The first-order valence-electron chi connectivity index (χ1n) is 7.10. The number of hydrogen-bond acceptors (Lipinski definition) is 5. The fourth-order valence-corrected chi connectivity index (χ4v) is 1.86. The van der Waals surface area contributed by atoms with Gasteiger partial charge in [-0.15, -0.1) is 0 Å². The van der Waals surface area contributed by atoms with Gasteiger partial charge in [-0.3, -0.25) is 0 Å². The minimum atomic E-state index is -0.223. The molecule has 7 nitrogen and oxygen atoms in total. The van der Waals surface area contributed by atoms with Crippen LogP contribution in [0.4, 0.5) is 16.2 Å². The minimum absolute atomic E-state index is 0.223. The molecule has 0 fully saturated rings. The average Bonchev–Trinajstić information content (AvgIpc) is 2.95. The number of anilines is 2. The number of urea groups is 1. The van der Waals surface area contributed by atoms with Crippen molar-refractivity contribution < 1.29 is 9.32 Å². The predicted octanol–water partition coefficient (Wildman–Crippen LogP) is 2.36. The zero-order valence-electron chi connectivity index (χ0n) is 13.3. The maximum Gasteiger partial charge on any atom is 0.321 e. The number of hydrogen-bond donors (Lipinski definition) is 1. The largest absolute Gasteiger partial charge is 0.378 e. The van der Waals surface area contributed by atoms with Crippen LogP contribution in [-0.4, -0.2) is 42.2 Å². The zero-order valence-corrected chi connectivity index (χ0v) is 13.3. The van der Waals surface area contributed by atoms with Crippen LogP contribution in [0.5, 0.6) is 0 Å². The molecule has 1 heterocycles. The van der Waals surface area contributed by atoms with E-state index in [4.69, 9.17) is 4.52 Å². The maximum atomic E-state index is 12.2. The number of aryl methyl sites for hydroxylation is 1. The van der Waals surface area contributed by atoms with Gasteiger partial charge in [0.1, 0.15) is 0 Å². The van der Waals surface area contributed by atoms with Gasteiger partial charge >= 0.3 is 6.03 Å². The number of nitrogens with one attached hydrogen (secondary N) is 1. The van der Waals surface area contributed by atoms with Crippen molar-refractivity contribution in [3.05, 3.63) is 36.0 Å². The second-order valence-electron chi connectivity index (χ2n) is 5.19. The van der Waals surface area contributed by atoms with E-state index in [1.54, 1.807) is 7.05 Å². The Labute approximate surface area is 129 Å². The molecule has 22 heavy (non-hydrogen) atoms. The monoisotopic (exact) mass is 303 g/mol. The van der Waals surface area contributed by atoms with Crippen LogP contribution in [-0.2, 0) is 13.0 Å². The lowest BCUT2D eigenvalue weighted by Gasteiger charge is -2.18. The number of nitrogens with zero attached hydrogens (tertiary/aromatic N) is 4. The molecule has 2 rings (SSSR count). The molecule has 0 saturated heterocycles. The van der Waals surface area contributed by atoms with Gasteiger partial charge in [0.2, 0.25) is 5.89 Å². The van der Waals surface area contributed by atoms with Crippen molar-refractivity contribution in [1.82, 2.24) is 15.0 Å². The van der Waals surface area contributed by atoms with Gasteiger partial charge < -0.3 is 19.6 Å². The summed E-state index contributed by atoms with van der Waals surface area (Å²) in [5.74, 6) is 1.07. The molecular weight excluding hydrogens is 282 g/mol. The van der Waals surface area contributed by atoms with Crippen LogP contribution in [0.25, 0.3) is 0 Å². The molecule has 118 valence electrons. The molecule has 0 atom stereocenters. The summed E-state index contributed by atoms with van der Waals surface area (Å²) < 4.78 is 5.03. The molecule has 0 bridgehead atoms. The van der Waals surface area contributed by atoms with Crippen molar-refractivity contribution in [3.63, 3.8) is 0 Å². The molecule has 2 aromatic rings. The van der Waals surface area contributed by atoms with Crippen molar-refractivity contribution in [2.24, 2.45) is 0 Å². The lowest BCUT2D eigenvalue weighted by atomic mass is 10.2. The SMILES string of the molecule is CCc1nc(CN(C)C(=O)Nc2cccc(N(C)C)c2)no1. The van der Waals surface area contributed by atoms with E-state index in [-0.39, 0.29) is 6.03 Å². The number of benzene rings is 1. The molecular formula is C15H21N5O2. The van der Waals surface area contributed by atoms with E-state index >= 15 is 0 Å². The number of rotatable bonds is 5. The Morgan fingerprint density at radius 3 is 2.73 bits per heavy atom. The van der Waals surface area contributed by atoms with Crippen LogP contribution in [0.3, 0.4) is 0 Å². The standard InChI is InChI=1S/C15H21N5O2/c1-5-14-17-13(18-22-14)10-20(4)15(21)16-11-7-6-8-12(9-11)19(2)3/h6-9H,5,10H2,1-4H3,(H,16,21). The molecule has 2 amide bonds. The summed E-state index contributed by atoms with van der Waals surface area (Å²) in [6.07, 6.45) is 0.681. The first kappa shape index (κ1) is 15.8. The highest BCUT2D eigenvalue weighted by atomic mass is 16.5. The van der Waals surface area contributed by atoms with Crippen LogP contribution in [0.1, 0.15) is 18.6 Å². The Bertz CT molecular complexity index is 638. The summed E-state index contributed by atoms with van der Waals surface area (Å²) in [4.78, 5) is 19.9. The third-order valence-electron chi connectivity index (χ3n) is 3.15. The maximum absolute atomic E-state index is 12.2. The summed E-state index contributed by atoms with van der Waals surface area (Å²) in [7, 11) is 5.59. The second-order valence-corrected chi connectivity index (χ2v) is 5.19. The van der Waals surface area contributed by atoms with Crippen LogP contribution < -0.4 is 10.2 Å². The van der Waals surface area contributed by atoms with Crippen molar-refractivity contribution in [2.75, 3.05) is 31.4 Å². The van der Waals surface area contributed by atoms with Crippen LogP contribution in [0, 0.1) is 0 Å². The molecule has 0 spiro atoms. The van der Waals surface area contributed by atoms with Crippen molar-refractivity contribution >= 4 is 17.4 Å². The van der Waals surface area contributed by atoms with Crippen molar-refractivity contribution in [1.29, 1.82) is 0 Å². The summed E-state index contributed by atoms with van der Waals surface area (Å²) >= 11 is 0. The van der Waals surface area contributed by atoms with Crippen LogP contribution in [0.15, 0.2) is 28.8 Å². The van der Waals surface area contributed by atoms with E-state index in [1.165, 1.54) is 4.90 Å². The lowest BCUT2D eigenvalue weighted by molar-refractivity contribution is 0.219. The van der Waals surface area contributed by atoms with Crippen molar-refractivity contribution in [3.8, 4) is 0 Å².